The zero-order valence-corrected chi connectivity index (χ0v) is 20.0. The van der Waals surface area contributed by atoms with Crippen molar-refractivity contribution in [3.8, 4) is 17.4 Å². The van der Waals surface area contributed by atoms with Crippen molar-refractivity contribution < 1.29 is 17.6 Å². The van der Waals surface area contributed by atoms with E-state index < -0.39 is 14.9 Å². The highest BCUT2D eigenvalue weighted by Gasteiger charge is 2.18. The van der Waals surface area contributed by atoms with Gasteiger partial charge in [0.1, 0.15) is 17.6 Å². The Labute approximate surface area is 195 Å². The van der Waals surface area contributed by atoms with Gasteiger partial charge >= 0.3 is 0 Å². The molecule has 0 bridgehead atoms. The quantitative estimate of drug-likeness (QED) is 0.322. The predicted octanol–water partition coefficient (Wildman–Crippen LogP) is 4.77. The molecule has 1 aromatic heterocycles. The van der Waals surface area contributed by atoms with Crippen LogP contribution in [0.2, 0.25) is 0 Å². The summed E-state index contributed by atoms with van der Waals surface area (Å²) in [6.45, 7) is 8.81. The molecule has 2 aromatic carbocycles. The molecule has 0 radical (unpaired) electrons. The van der Waals surface area contributed by atoms with Crippen LogP contribution in [0.25, 0.3) is 28.2 Å². The number of rotatable bonds is 11. The molecule has 3 aromatic rings. The molecule has 33 heavy (non-hydrogen) atoms. The van der Waals surface area contributed by atoms with Gasteiger partial charge in [0, 0.05) is 43.6 Å². The van der Waals surface area contributed by atoms with Crippen molar-refractivity contribution in [3.63, 3.8) is 0 Å². The Balaban J connectivity index is 1.82. The van der Waals surface area contributed by atoms with Crippen LogP contribution in [0.4, 0.5) is 5.69 Å². The van der Waals surface area contributed by atoms with E-state index in [4.69, 9.17) is 9.15 Å². The van der Waals surface area contributed by atoms with E-state index in [9.17, 15) is 13.7 Å². The van der Waals surface area contributed by atoms with E-state index >= 15 is 0 Å². The number of hydrogen-bond acceptors (Lipinski definition) is 6. The van der Waals surface area contributed by atoms with Crippen molar-refractivity contribution >= 4 is 32.6 Å². The highest BCUT2D eigenvalue weighted by atomic mass is 32.2. The van der Waals surface area contributed by atoms with Crippen molar-refractivity contribution in [2.45, 2.75) is 20.8 Å². The van der Waals surface area contributed by atoms with Gasteiger partial charge in [-0.05, 0) is 61.9 Å². The van der Waals surface area contributed by atoms with E-state index in [2.05, 4.69) is 41.7 Å². The molecule has 0 aliphatic carbocycles. The molecule has 174 valence electrons. The average Bonchev–Trinajstić information content (AvgIpc) is 3.29. The molecule has 1 N–H and O–H groups in total. The van der Waals surface area contributed by atoms with E-state index in [-0.39, 0.29) is 18.9 Å². The van der Waals surface area contributed by atoms with Gasteiger partial charge < -0.3 is 14.1 Å². The summed E-state index contributed by atoms with van der Waals surface area (Å²) < 4.78 is 38.0. The molecule has 0 spiro atoms. The largest absolute Gasteiger partial charge is 0.457 e. The van der Waals surface area contributed by atoms with Crippen LogP contribution in [0.15, 0.2) is 57.9 Å². The Hall–Kier alpha value is -3.12. The van der Waals surface area contributed by atoms with Crippen LogP contribution < -0.4 is 9.62 Å². The smallest absolute Gasteiger partial charge is 0.250 e. The van der Waals surface area contributed by atoms with Gasteiger partial charge in [-0.25, -0.2) is 13.1 Å². The summed E-state index contributed by atoms with van der Waals surface area (Å²) in [4.78, 5) is 1.88. The highest BCUT2D eigenvalue weighted by molar-refractivity contribution is 7.93. The second kappa shape index (κ2) is 11.1. The molecule has 7 nitrogen and oxygen atoms in total. The SMILES string of the molecule is CCOCCNS(=O)(=O)/C(C#N)=C/c1ccc(-c2ccc3cc(N(CC)CC)ccc3c2)o1. The molecule has 0 fully saturated rings. The third-order valence-corrected chi connectivity index (χ3v) is 6.65. The predicted molar refractivity (Wildman–Crippen MR) is 132 cm³/mol. The van der Waals surface area contributed by atoms with Crippen LogP contribution in [-0.2, 0) is 14.8 Å². The Morgan fingerprint density at radius 1 is 1.09 bits per heavy atom. The van der Waals surface area contributed by atoms with Gasteiger partial charge in [0.2, 0.25) is 0 Å². The van der Waals surface area contributed by atoms with Crippen LogP contribution in [0.5, 0.6) is 0 Å². The minimum atomic E-state index is -3.94. The lowest BCUT2D eigenvalue weighted by Crippen LogP contribution is -2.28. The van der Waals surface area contributed by atoms with Gasteiger partial charge in [0.05, 0.1) is 6.61 Å². The summed E-state index contributed by atoms with van der Waals surface area (Å²) in [5.41, 5.74) is 2.06. The zero-order chi connectivity index (χ0) is 23.8. The van der Waals surface area contributed by atoms with Gasteiger partial charge in [-0.2, -0.15) is 5.26 Å². The number of ether oxygens (including phenoxy) is 1. The third-order valence-electron chi connectivity index (χ3n) is 5.28. The summed E-state index contributed by atoms with van der Waals surface area (Å²) in [7, 11) is -3.94. The summed E-state index contributed by atoms with van der Waals surface area (Å²) >= 11 is 0. The van der Waals surface area contributed by atoms with Crippen molar-refractivity contribution in [1.29, 1.82) is 5.26 Å². The summed E-state index contributed by atoms with van der Waals surface area (Å²) in [6.07, 6.45) is 1.23. The summed E-state index contributed by atoms with van der Waals surface area (Å²) in [5, 5.41) is 11.6. The van der Waals surface area contributed by atoms with E-state index in [1.165, 1.54) is 11.8 Å². The van der Waals surface area contributed by atoms with Crippen molar-refractivity contribution in [2.24, 2.45) is 0 Å². The molecule has 0 unspecified atom stereocenters. The van der Waals surface area contributed by atoms with Gasteiger partial charge in [0.25, 0.3) is 10.0 Å². The normalized spacial score (nSPS) is 12.1. The highest BCUT2D eigenvalue weighted by Crippen LogP contribution is 2.29. The zero-order valence-electron chi connectivity index (χ0n) is 19.2. The molecular formula is C25H29N3O4S. The van der Waals surface area contributed by atoms with E-state index in [0.717, 1.165) is 29.4 Å². The molecule has 0 saturated heterocycles. The molecule has 8 heteroatoms. The second-order valence-electron chi connectivity index (χ2n) is 7.34. The van der Waals surface area contributed by atoms with Crippen molar-refractivity contribution in [1.82, 2.24) is 4.72 Å². The first kappa shape index (κ1) is 24.5. The number of furan rings is 1. The molecule has 0 amide bonds. The maximum Gasteiger partial charge on any atom is 0.250 e. The lowest BCUT2D eigenvalue weighted by Gasteiger charge is -2.21. The van der Waals surface area contributed by atoms with Crippen LogP contribution in [-0.4, -0.2) is 41.3 Å². The lowest BCUT2D eigenvalue weighted by molar-refractivity contribution is 0.153. The number of sulfonamides is 1. The first-order chi connectivity index (χ1) is 15.9. The molecule has 0 aliphatic heterocycles. The van der Waals surface area contributed by atoms with Crippen LogP contribution in [0.1, 0.15) is 26.5 Å². The van der Waals surface area contributed by atoms with Gasteiger partial charge in [-0.1, -0.05) is 18.2 Å². The number of hydrogen-bond donors (Lipinski definition) is 1. The van der Waals surface area contributed by atoms with Gasteiger partial charge in [0.15, 0.2) is 4.91 Å². The monoisotopic (exact) mass is 467 g/mol. The summed E-state index contributed by atoms with van der Waals surface area (Å²) in [5.74, 6) is 0.878. The maximum absolute atomic E-state index is 12.4. The molecule has 0 atom stereocenters. The number of anilines is 1. The number of benzene rings is 2. The Bertz CT molecular complexity index is 1270. The fourth-order valence-electron chi connectivity index (χ4n) is 3.53. The number of nitriles is 1. The maximum atomic E-state index is 12.4. The Morgan fingerprint density at radius 3 is 2.52 bits per heavy atom. The number of nitrogens with one attached hydrogen (secondary N) is 1. The topological polar surface area (TPSA) is 95.6 Å². The third kappa shape index (κ3) is 6.02. The minimum Gasteiger partial charge on any atom is -0.457 e. The van der Waals surface area contributed by atoms with Crippen LogP contribution in [0, 0.1) is 11.3 Å². The van der Waals surface area contributed by atoms with Gasteiger partial charge in [-0.15, -0.1) is 0 Å². The number of nitrogens with zero attached hydrogens (tertiary/aromatic N) is 2. The first-order valence-corrected chi connectivity index (χ1v) is 12.5. The van der Waals surface area contributed by atoms with Crippen LogP contribution >= 0.6 is 0 Å². The van der Waals surface area contributed by atoms with Crippen molar-refractivity contribution in [2.75, 3.05) is 37.7 Å². The number of allylic oxidation sites excluding steroid dienone is 1. The van der Waals surface area contributed by atoms with Crippen molar-refractivity contribution in [3.05, 3.63) is 59.2 Å². The summed E-state index contributed by atoms with van der Waals surface area (Å²) in [6, 6.07) is 17.6. The van der Waals surface area contributed by atoms with E-state index in [0.29, 0.717) is 12.4 Å². The van der Waals surface area contributed by atoms with Gasteiger partial charge in [-0.3, -0.25) is 0 Å². The van der Waals surface area contributed by atoms with E-state index in [1.807, 2.05) is 25.1 Å². The molecular weight excluding hydrogens is 438 g/mol. The molecule has 3 rings (SSSR count). The van der Waals surface area contributed by atoms with E-state index in [1.54, 1.807) is 18.2 Å². The number of fused-ring (bicyclic) bond motifs is 1. The standard InChI is InChI=1S/C25H29N3O4S/c1-4-28(5-2)22-10-9-19-15-21(8-7-20(19)16-22)25-12-11-23(32-25)17-24(18-26)33(29,30)27-13-14-31-6-3/h7-12,15-17,27H,4-6,13-14H2,1-3H3/b24-17+. The molecule has 0 saturated carbocycles. The second-order valence-corrected chi connectivity index (χ2v) is 9.07. The Morgan fingerprint density at radius 2 is 1.82 bits per heavy atom. The molecule has 1 heterocycles. The fourth-order valence-corrected chi connectivity index (χ4v) is 4.43. The minimum absolute atomic E-state index is 0.0890. The van der Waals surface area contributed by atoms with Crippen LogP contribution in [0.3, 0.4) is 0 Å². The Kier molecular flexibility index (Phi) is 8.28. The molecule has 0 aliphatic rings. The average molecular weight is 468 g/mol. The lowest BCUT2D eigenvalue weighted by atomic mass is 10.0. The fraction of sp³-hybridized carbons (Fsp3) is 0.320. The first-order valence-electron chi connectivity index (χ1n) is 11.0.